The van der Waals surface area contributed by atoms with Crippen LogP contribution in [0.2, 0.25) is 0 Å². The fourth-order valence-corrected chi connectivity index (χ4v) is 1.94. The molecular weight excluding hydrogens is 231 g/mol. The summed E-state index contributed by atoms with van der Waals surface area (Å²) in [7, 11) is 0. The third kappa shape index (κ3) is 2.46. The van der Waals surface area contributed by atoms with Crippen LogP contribution in [0.5, 0.6) is 0 Å². The Morgan fingerprint density at radius 1 is 1.38 bits per heavy atom. The van der Waals surface area contributed by atoms with Crippen LogP contribution in [0.1, 0.15) is 16.2 Å². The zero-order chi connectivity index (χ0) is 11.5. The first kappa shape index (κ1) is 10.8. The summed E-state index contributed by atoms with van der Waals surface area (Å²) in [4.78, 5) is 11.1. The van der Waals surface area contributed by atoms with Gasteiger partial charge in [-0.2, -0.15) is 0 Å². The number of rotatable bonds is 3. The quantitative estimate of drug-likeness (QED) is 0.769. The predicted octanol–water partition coefficient (Wildman–Crippen LogP) is 2.48. The van der Waals surface area contributed by atoms with E-state index >= 15 is 0 Å². The number of hydrogen-bond acceptors (Lipinski definition) is 5. The summed E-state index contributed by atoms with van der Waals surface area (Å²) >= 11 is 1.11. The van der Waals surface area contributed by atoms with E-state index in [1.54, 1.807) is 13.0 Å². The van der Waals surface area contributed by atoms with E-state index < -0.39 is 5.82 Å². The largest absolute Gasteiger partial charge is 0.416 e. The predicted molar refractivity (Wildman–Crippen MR) is 54.9 cm³/mol. The van der Waals surface area contributed by atoms with Gasteiger partial charge in [-0.05, 0) is 30.0 Å². The van der Waals surface area contributed by atoms with Crippen LogP contribution in [0, 0.1) is 12.7 Å². The van der Waals surface area contributed by atoms with Gasteiger partial charge in [-0.1, -0.05) is 0 Å². The fourth-order valence-electron chi connectivity index (χ4n) is 1.13. The van der Waals surface area contributed by atoms with Crippen LogP contribution >= 0.6 is 11.8 Å². The molecule has 0 bridgehead atoms. The van der Waals surface area contributed by atoms with Crippen LogP contribution in [0.15, 0.2) is 32.7 Å². The summed E-state index contributed by atoms with van der Waals surface area (Å²) in [6.45, 7) is 1.67. The third-order valence-corrected chi connectivity index (χ3v) is 2.55. The second-order valence-corrected chi connectivity index (χ2v) is 4.05. The molecule has 0 aliphatic carbocycles. The van der Waals surface area contributed by atoms with E-state index in [1.807, 2.05) is 0 Å². The average Bonchev–Trinajstić information content (AvgIpc) is 2.63. The zero-order valence-electron chi connectivity index (χ0n) is 8.31. The topological polar surface area (TPSA) is 56.0 Å². The van der Waals surface area contributed by atoms with Crippen molar-refractivity contribution in [3.05, 3.63) is 35.5 Å². The second kappa shape index (κ2) is 4.44. The Balaban J connectivity index is 2.27. The molecule has 16 heavy (non-hydrogen) atoms. The van der Waals surface area contributed by atoms with Crippen LogP contribution in [0.25, 0.3) is 0 Å². The van der Waals surface area contributed by atoms with Crippen LogP contribution in [0.3, 0.4) is 0 Å². The average molecular weight is 238 g/mol. The number of aromatic nitrogens is 2. The van der Waals surface area contributed by atoms with Crippen LogP contribution in [-0.4, -0.2) is 16.5 Å². The molecule has 0 aliphatic heterocycles. The van der Waals surface area contributed by atoms with Gasteiger partial charge < -0.3 is 4.42 Å². The molecule has 1 aromatic heterocycles. The lowest BCUT2D eigenvalue weighted by Gasteiger charge is -1.98. The molecule has 0 atom stereocenters. The van der Waals surface area contributed by atoms with Gasteiger partial charge in [0.25, 0.3) is 5.22 Å². The smallest absolute Gasteiger partial charge is 0.281 e. The Morgan fingerprint density at radius 3 is 2.81 bits per heavy atom. The van der Waals surface area contributed by atoms with Crippen molar-refractivity contribution in [3.8, 4) is 0 Å². The molecule has 0 radical (unpaired) electrons. The summed E-state index contributed by atoms with van der Waals surface area (Å²) in [5, 5.41) is 7.73. The van der Waals surface area contributed by atoms with Crippen molar-refractivity contribution in [3.63, 3.8) is 0 Å². The molecule has 2 aromatic rings. The van der Waals surface area contributed by atoms with Gasteiger partial charge in [0.1, 0.15) is 12.1 Å². The van der Waals surface area contributed by atoms with Crippen molar-refractivity contribution in [2.24, 2.45) is 0 Å². The van der Waals surface area contributed by atoms with Crippen LogP contribution in [0.4, 0.5) is 4.39 Å². The molecule has 82 valence electrons. The number of hydrogen-bond donors (Lipinski definition) is 0. The van der Waals surface area contributed by atoms with E-state index in [0.29, 0.717) is 22.3 Å². The van der Waals surface area contributed by atoms with Crippen molar-refractivity contribution < 1.29 is 13.6 Å². The molecule has 4 nitrogen and oxygen atoms in total. The molecular formula is C10H7FN2O2S. The lowest BCUT2D eigenvalue weighted by atomic mass is 10.2. The first-order valence-corrected chi connectivity index (χ1v) is 5.23. The third-order valence-electron chi connectivity index (χ3n) is 1.74. The number of carbonyl (C=O) groups excluding carboxylic acids is 1. The van der Waals surface area contributed by atoms with Crippen LogP contribution < -0.4 is 0 Å². The number of aldehydes is 1. The standard InChI is InChI=1S/C10H7FN2O2S/c1-6-12-13-10(15-6)16-9-3-7(5-14)2-8(11)4-9/h2-5H,1H3. The van der Waals surface area contributed by atoms with E-state index in [4.69, 9.17) is 4.42 Å². The van der Waals surface area contributed by atoms with Crippen LogP contribution in [-0.2, 0) is 0 Å². The summed E-state index contributed by atoms with van der Waals surface area (Å²) in [5.74, 6) is -0.0298. The highest BCUT2D eigenvalue weighted by Gasteiger charge is 2.07. The molecule has 1 aromatic carbocycles. The minimum absolute atomic E-state index is 0.277. The molecule has 6 heteroatoms. The van der Waals surface area contributed by atoms with Gasteiger partial charge in [0.2, 0.25) is 5.89 Å². The van der Waals surface area contributed by atoms with Gasteiger partial charge in [-0.3, -0.25) is 4.79 Å². The number of aryl methyl sites for hydroxylation is 1. The van der Waals surface area contributed by atoms with E-state index in [-0.39, 0.29) is 5.56 Å². The molecule has 0 aliphatic rings. The Kier molecular flexibility index (Phi) is 3.00. The first-order valence-electron chi connectivity index (χ1n) is 4.41. The number of carbonyl (C=O) groups is 1. The normalized spacial score (nSPS) is 10.4. The van der Waals surface area contributed by atoms with Gasteiger partial charge in [0.15, 0.2) is 0 Å². The SMILES string of the molecule is Cc1nnc(Sc2cc(F)cc(C=O)c2)o1. The van der Waals surface area contributed by atoms with E-state index in [0.717, 1.165) is 17.8 Å². The van der Waals surface area contributed by atoms with Gasteiger partial charge in [0.05, 0.1) is 0 Å². The van der Waals surface area contributed by atoms with E-state index in [2.05, 4.69) is 10.2 Å². The van der Waals surface area contributed by atoms with Gasteiger partial charge in [-0.25, -0.2) is 4.39 Å². The second-order valence-electron chi connectivity index (χ2n) is 3.03. The monoisotopic (exact) mass is 238 g/mol. The first-order chi connectivity index (χ1) is 7.67. The molecule has 0 amide bonds. The molecule has 0 N–H and O–H groups in total. The summed E-state index contributed by atoms with van der Waals surface area (Å²) in [6.07, 6.45) is 0.589. The van der Waals surface area contributed by atoms with Crippen molar-refractivity contribution in [1.82, 2.24) is 10.2 Å². The van der Waals surface area contributed by atoms with Crippen molar-refractivity contribution in [1.29, 1.82) is 0 Å². The molecule has 0 saturated carbocycles. The maximum absolute atomic E-state index is 13.1. The number of nitrogens with zero attached hydrogens (tertiary/aromatic N) is 2. The van der Waals surface area contributed by atoms with Gasteiger partial charge in [0, 0.05) is 17.4 Å². The highest BCUT2D eigenvalue weighted by atomic mass is 32.2. The maximum atomic E-state index is 13.1. The van der Waals surface area contributed by atoms with Crippen molar-refractivity contribution >= 4 is 18.0 Å². The van der Waals surface area contributed by atoms with Gasteiger partial charge >= 0.3 is 0 Å². The lowest BCUT2D eigenvalue weighted by Crippen LogP contribution is -1.84. The highest BCUT2D eigenvalue weighted by Crippen LogP contribution is 2.27. The maximum Gasteiger partial charge on any atom is 0.281 e. The Morgan fingerprint density at radius 2 is 2.19 bits per heavy atom. The lowest BCUT2D eigenvalue weighted by molar-refractivity contribution is 0.112. The van der Waals surface area contributed by atoms with Gasteiger partial charge in [-0.15, -0.1) is 10.2 Å². The molecule has 0 spiro atoms. The highest BCUT2D eigenvalue weighted by molar-refractivity contribution is 7.99. The Hall–Kier alpha value is -1.69. The molecule has 2 rings (SSSR count). The van der Waals surface area contributed by atoms with Crippen molar-refractivity contribution in [2.45, 2.75) is 17.0 Å². The minimum Gasteiger partial charge on any atom is -0.416 e. The number of halogens is 1. The molecule has 0 saturated heterocycles. The van der Waals surface area contributed by atoms with E-state index in [1.165, 1.54) is 6.07 Å². The minimum atomic E-state index is -0.469. The molecule has 1 heterocycles. The number of benzene rings is 1. The Bertz CT molecular complexity index is 527. The molecule has 0 unspecified atom stereocenters. The fraction of sp³-hybridized carbons (Fsp3) is 0.100. The summed E-state index contributed by atoms with van der Waals surface area (Å²) in [5.41, 5.74) is 0.277. The van der Waals surface area contributed by atoms with Crippen molar-refractivity contribution in [2.75, 3.05) is 0 Å². The Labute approximate surface area is 94.9 Å². The van der Waals surface area contributed by atoms with E-state index in [9.17, 15) is 9.18 Å². The summed E-state index contributed by atoms with van der Waals surface area (Å²) in [6, 6.07) is 4.02. The molecule has 0 fully saturated rings. The zero-order valence-corrected chi connectivity index (χ0v) is 9.12. The summed E-state index contributed by atoms with van der Waals surface area (Å²) < 4.78 is 18.2.